The van der Waals surface area contributed by atoms with E-state index in [2.05, 4.69) is 9.97 Å². The third-order valence-corrected chi connectivity index (χ3v) is 5.87. The average Bonchev–Trinajstić information content (AvgIpc) is 2.70. The summed E-state index contributed by atoms with van der Waals surface area (Å²) in [7, 11) is -3.81. The van der Waals surface area contributed by atoms with Gasteiger partial charge in [-0.15, -0.1) is 0 Å². The first-order valence-electron chi connectivity index (χ1n) is 9.45. The van der Waals surface area contributed by atoms with Crippen LogP contribution in [-0.4, -0.2) is 44.5 Å². The molecule has 0 saturated carbocycles. The van der Waals surface area contributed by atoms with Crippen molar-refractivity contribution in [1.29, 1.82) is 0 Å². The first kappa shape index (κ1) is 25.5. The minimum Gasteiger partial charge on any atom is -0.325 e. The van der Waals surface area contributed by atoms with Crippen LogP contribution in [0.25, 0.3) is 0 Å². The van der Waals surface area contributed by atoms with Crippen LogP contribution in [0.1, 0.15) is 34.9 Å². The number of aryl methyl sites for hydroxylation is 1. The molecule has 0 fully saturated rings. The maximum absolute atomic E-state index is 13.8. The van der Waals surface area contributed by atoms with Gasteiger partial charge in [-0.3, -0.25) is 4.18 Å². The van der Waals surface area contributed by atoms with Crippen LogP contribution in [0.3, 0.4) is 0 Å². The van der Waals surface area contributed by atoms with E-state index in [0.717, 1.165) is 23.3 Å². The van der Waals surface area contributed by atoms with Crippen LogP contribution in [0.2, 0.25) is 5.15 Å². The van der Waals surface area contributed by atoms with E-state index in [9.17, 15) is 34.8 Å². The summed E-state index contributed by atoms with van der Waals surface area (Å²) in [5.41, 5.74) is -2.84. The van der Waals surface area contributed by atoms with Gasteiger partial charge in [-0.2, -0.15) is 30.4 Å². The van der Waals surface area contributed by atoms with Gasteiger partial charge < -0.3 is 4.90 Å². The van der Waals surface area contributed by atoms with Crippen molar-refractivity contribution in [3.63, 3.8) is 0 Å². The summed E-state index contributed by atoms with van der Waals surface area (Å²) < 4.78 is 109. The molecule has 0 amide bonds. The highest BCUT2D eigenvalue weighted by atomic mass is 35.5. The highest BCUT2D eigenvalue weighted by molar-refractivity contribution is 7.85. The Morgan fingerprint density at radius 3 is 2.45 bits per heavy atom. The summed E-state index contributed by atoms with van der Waals surface area (Å²) in [5, 5.41) is -0.0987. The number of alkyl halides is 6. The summed E-state index contributed by atoms with van der Waals surface area (Å²) in [6, 6.07) is 1.76. The summed E-state index contributed by atoms with van der Waals surface area (Å²) in [5.74, 6) is -4.64. The maximum Gasteiger partial charge on any atom is 0.418 e. The zero-order valence-corrected chi connectivity index (χ0v) is 18.8. The zero-order valence-electron chi connectivity index (χ0n) is 17.3. The minimum atomic E-state index is -5.04. The topological polar surface area (TPSA) is 72.4 Å². The van der Waals surface area contributed by atoms with E-state index >= 15 is 0 Å². The Morgan fingerprint density at radius 1 is 1.21 bits per heavy atom. The van der Waals surface area contributed by atoms with Crippen LogP contribution >= 0.6 is 11.6 Å². The molecule has 6 nitrogen and oxygen atoms in total. The predicted molar refractivity (Wildman–Crippen MR) is 108 cm³/mol. The lowest BCUT2D eigenvalue weighted by Crippen LogP contribution is -2.32. The molecule has 1 unspecified atom stereocenters. The van der Waals surface area contributed by atoms with Crippen molar-refractivity contribution in [2.75, 3.05) is 31.0 Å². The van der Waals surface area contributed by atoms with E-state index < -0.39 is 51.6 Å². The van der Waals surface area contributed by atoms with Gasteiger partial charge in [0.15, 0.2) is 6.67 Å². The van der Waals surface area contributed by atoms with Crippen LogP contribution in [-0.2, 0) is 26.4 Å². The monoisotopic (exact) mass is 517 g/mol. The number of rotatable bonds is 6. The molecule has 0 spiro atoms. The molecule has 1 aliphatic rings. The molecular weight excluding hydrogens is 500 g/mol. The van der Waals surface area contributed by atoms with Crippen molar-refractivity contribution in [3.05, 3.63) is 45.9 Å². The smallest absolute Gasteiger partial charge is 0.325 e. The lowest BCUT2D eigenvalue weighted by molar-refractivity contribution is -0.137. The average molecular weight is 518 g/mol. The highest BCUT2D eigenvalue weighted by Crippen LogP contribution is 2.46. The number of fused-ring (bicyclic) bond motifs is 1. The van der Waals surface area contributed by atoms with Gasteiger partial charge >= 0.3 is 12.1 Å². The predicted octanol–water partition coefficient (Wildman–Crippen LogP) is 5.12. The lowest BCUT2D eigenvalue weighted by atomic mass is 9.92. The van der Waals surface area contributed by atoms with E-state index in [-0.39, 0.29) is 48.0 Å². The van der Waals surface area contributed by atoms with Crippen LogP contribution in [0.15, 0.2) is 18.2 Å². The largest absolute Gasteiger partial charge is 0.418 e. The molecule has 3 rings (SSSR count). The number of aromatic nitrogens is 2. The molecule has 1 aromatic carbocycles. The van der Waals surface area contributed by atoms with Crippen molar-refractivity contribution in [2.45, 2.75) is 31.4 Å². The molecule has 0 radical (unpaired) electrons. The van der Waals surface area contributed by atoms with Gasteiger partial charge in [0.25, 0.3) is 10.1 Å². The number of anilines is 2. The summed E-state index contributed by atoms with van der Waals surface area (Å²) in [4.78, 5) is 9.33. The Balaban J connectivity index is 2.15. The molecule has 0 aliphatic carbocycles. The zero-order chi connectivity index (χ0) is 24.8. The van der Waals surface area contributed by atoms with Gasteiger partial charge in [-0.25, -0.2) is 14.4 Å². The van der Waals surface area contributed by atoms with Crippen LogP contribution in [0, 0.1) is 6.92 Å². The Bertz CT molecular complexity index is 1160. The van der Waals surface area contributed by atoms with Crippen LogP contribution in [0.5, 0.6) is 0 Å². The SMILES string of the molecule is Cc1nc(Cl)c2c(n1)N(c1ccc(C(F)(F)CF)cc1C(F)(F)F)CCC2COS(C)(=O)=O. The number of nitrogens with zero attached hydrogens (tertiary/aromatic N) is 3. The molecular formula is C19H18ClF6N3O3S. The molecule has 1 aliphatic heterocycles. The second kappa shape index (κ2) is 8.91. The fourth-order valence-electron chi connectivity index (χ4n) is 3.54. The third kappa shape index (κ3) is 5.52. The number of benzene rings is 1. The molecule has 33 heavy (non-hydrogen) atoms. The van der Waals surface area contributed by atoms with E-state index in [4.69, 9.17) is 15.8 Å². The molecule has 0 bridgehead atoms. The van der Waals surface area contributed by atoms with Crippen molar-refractivity contribution in [3.8, 4) is 0 Å². The first-order valence-corrected chi connectivity index (χ1v) is 11.6. The van der Waals surface area contributed by atoms with E-state index in [1.54, 1.807) is 0 Å². The van der Waals surface area contributed by atoms with E-state index in [1.165, 1.54) is 6.92 Å². The molecule has 0 saturated heterocycles. The quantitative estimate of drug-likeness (QED) is 0.301. The van der Waals surface area contributed by atoms with Gasteiger partial charge in [-0.05, 0) is 25.5 Å². The normalized spacial score (nSPS) is 17.2. The van der Waals surface area contributed by atoms with Crippen molar-refractivity contribution in [1.82, 2.24) is 9.97 Å². The fourth-order valence-corrected chi connectivity index (χ4v) is 4.31. The number of hydrogen-bond acceptors (Lipinski definition) is 6. The lowest BCUT2D eigenvalue weighted by Gasteiger charge is -2.36. The summed E-state index contributed by atoms with van der Waals surface area (Å²) in [6.07, 6.45) is -4.09. The second-order valence-corrected chi connectivity index (χ2v) is 9.49. The third-order valence-electron chi connectivity index (χ3n) is 5.02. The van der Waals surface area contributed by atoms with Crippen molar-refractivity contribution in [2.24, 2.45) is 0 Å². The minimum absolute atomic E-state index is 0.0312. The highest BCUT2D eigenvalue weighted by Gasteiger charge is 2.41. The van der Waals surface area contributed by atoms with Crippen LogP contribution < -0.4 is 4.90 Å². The molecule has 14 heteroatoms. The van der Waals surface area contributed by atoms with Gasteiger partial charge in [0.05, 0.1) is 24.1 Å². The van der Waals surface area contributed by atoms with Crippen molar-refractivity contribution >= 4 is 33.2 Å². The van der Waals surface area contributed by atoms with Gasteiger partial charge in [0.1, 0.15) is 16.8 Å². The Labute approximate surface area is 190 Å². The van der Waals surface area contributed by atoms with Gasteiger partial charge in [0.2, 0.25) is 0 Å². The van der Waals surface area contributed by atoms with Crippen LogP contribution in [0.4, 0.5) is 37.8 Å². The molecule has 0 N–H and O–H groups in total. The number of hydrogen-bond donors (Lipinski definition) is 0. The summed E-state index contributed by atoms with van der Waals surface area (Å²) in [6.45, 7) is -1.12. The Hall–Kier alpha value is -2.12. The Kier molecular flexibility index (Phi) is 6.89. The Morgan fingerprint density at radius 2 is 1.88 bits per heavy atom. The fraction of sp³-hybridized carbons (Fsp3) is 0.474. The molecule has 1 aromatic heterocycles. The van der Waals surface area contributed by atoms with E-state index in [1.807, 2.05) is 0 Å². The van der Waals surface area contributed by atoms with Gasteiger partial charge in [-0.1, -0.05) is 17.7 Å². The molecule has 2 aromatic rings. The first-order chi connectivity index (χ1) is 15.1. The second-order valence-electron chi connectivity index (χ2n) is 7.49. The standard InChI is InChI=1S/C19H18ClF6N3O3S/c1-10-27-16(20)15-11(8-32-33(2,30)31)5-6-29(17(15)28-10)14-4-3-12(18(22,23)9-21)7-13(14)19(24,25)26/h3-4,7,11H,5-6,8-9H2,1-2H3. The molecule has 2 heterocycles. The molecule has 182 valence electrons. The van der Waals surface area contributed by atoms with Gasteiger partial charge in [0, 0.05) is 23.6 Å². The molecule has 1 atom stereocenters. The van der Waals surface area contributed by atoms with E-state index in [0.29, 0.717) is 0 Å². The maximum atomic E-state index is 13.8. The summed E-state index contributed by atoms with van der Waals surface area (Å²) >= 11 is 6.23. The van der Waals surface area contributed by atoms with Crippen molar-refractivity contribution < 1.29 is 38.9 Å². The number of halogens is 7.